The van der Waals surface area contributed by atoms with E-state index in [0.29, 0.717) is 5.95 Å². The molecule has 2 heterocycles. The molecular formula is C10H7N3S. The fourth-order valence-electron chi connectivity index (χ4n) is 1.52. The number of hydrogen-bond acceptors (Lipinski definition) is 4. The Hall–Kier alpha value is -1.68. The highest BCUT2D eigenvalue weighted by atomic mass is 32.1. The van der Waals surface area contributed by atoms with E-state index in [1.807, 2.05) is 12.1 Å². The van der Waals surface area contributed by atoms with Crippen LogP contribution < -0.4 is 5.73 Å². The first-order chi connectivity index (χ1) is 6.84. The summed E-state index contributed by atoms with van der Waals surface area (Å²) in [5, 5.41) is 2.28. The van der Waals surface area contributed by atoms with Crippen molar-refractivity contribution >= 4 is 37.6 Å². The van der Waals surface area contributed by atoms with Crippen LogP contribution in [0.4, 0.5) is 5.95 Å². The summed E-state index contributed by atoms with van der Waals surface area (Å²) in [6.45, 7) is 0. The maximum Gasteiger partial charge on any atom is 0.221 e. The Morgan fingerprint density at radius 1 is 1.14 bits per heavy atom. The predicted molar refractivity (Wildman–Crippen MR) is 59.3 cm³/mol. The van der Waals surface area contributed by atoms with Crippen LogP contribution in [0.2, 0.25) is 0 Å². The van der Waals surface area contributed by atoms with E-state index >= 15 is 0 Å². The monoisotopic (exact) mass is 201 g/mol. The highest BCUT2D eigenvalue weighted by Crippen LogP contribution is 2.31. The average Bonchev–Trinajstić information content (AvgIpc) is 2.54. The largest absolute Gasteiger partial charge is 0.368 e. The van der Waals surface area contributed by atoms with Crippen molar-refractivity contribution in [2.75, 3.05) is 5.73 Å². The zero-order chi connectivity index (χ0) is 9.54. The van der Waals surface area contributed by atoms with Gasteiger partial charge in [0.05, 0.1) is 0 Å². The van der Waals surface area contributed by atoms with Crippen LogP contribution in [0.25, 0.3) is 20.3 Å². The van der Waals surface area contributed by atoms with E-state index in [2.05, 4.69) is 22.1 Å². The second kappa shape index (κ2) is 2.65. The van der Waals surface area contributed by atoms with Gasteiger partial charge in [0.25, 0.3) is 0 Å². The first kappa shape index (κ1) is 7.70. The molecule has 3 nitrogen and oxygen atoms in total. The molecule has 68 valence electrons. The van der Waals surface area contributed by atoms with Crippen molar-refractivity contribution in [3.63, 3.8) is 0 Å². The molecule has 0 saturated heterocycles. The minimum absolute atomic E-state index is 0.337. The quantitative estimate of drug-likeness (QED) is 0.607. The van der Waals surface area contributed by atoms with E-state index in [1.165, 1.54) is 10.1 Å². The Balaban J connectivity index is 2.57. The number of fused-ring (bicyclic) bond motifs is 3. The summed E-state index contributed by atoms with van der Waals surface area (Å²) in [4.78, 5) is 9.16. The van der Waals surface area contributed by atoms with Crippen molar-refractivity contribution in [2.24, 2.45) is 0 Å². The summed E-state index contributed by atoms with van der Waals surface area (Å²) in [5.41, 5.74) is 5.53. The van der Waals surface area contributed by atoms with Crippen molar-refractivity contribution in [1.82, 2.24) is 9.97 Å². The molecule has 3 aromatic rings. The summed E-state index contributed by atoms with van der Waals surface area (Å²) in [7, 11) is 0. The number of rotatable bonds is 0. The van der Waals surface area contributed by atoms with Gasteiger partial charge in [-0.05, 0) is 6.07 Å². The van der Waals surface area contributed by atoms with Gasteiger partial charge in [0.2, 0.25) is 5.95 Å². The molecule has 0 spiro atoms. The molecule has 4 heteroatoms. The van der Waals surface area contributed by atoms with Crippen LogP contribution >= 0.6 is 11.3 Å². The zero-order valence-corrected chi connectivity index (χ0v) is 8.08. The number of nitrogen functional groups attached to an aromatic ring is 1. The maximum absolute atomic E-state index is 5.53. The molecule has 3 rings (SSSR count). The Morgan fingerprint density at radius 2 is 2.00 bits per heavy atom. The summed E-state index contributed by atoms with van der Waals surface area (Å²) in [5.74, 6) is 0.337. The second-order valence-electron chi connectivity index (χ2n) is 3.05. The molecule has 0 aliphatic heterocycles. The molecule has 0 radical (unpaired) electrons. The molecule has 0 fully saturated rings. The lowest BCUT2D eigenvalue weighted by Crippen LogP contribution is -1.91. The minimum Gasteiger partial charge on any atom is -0.368 e. The van der Waals surface area contributed by atoms with E-state index in [1.54, 1.807) is 17.5 Å². The van der Waals surface area contributed by atoms with E-state index in [0.717, 1.165) is 10.2 Å². The highest BCUT2D eigenvalue weighted by molar-refractivity contribution is 7.25. The number of aromatic nitrogens is 2. The van der Waals surface area contributed by atoms with Gasteiger partial charge in [-0.25, -0.2) is 9.97 Å². The number of thiophene rings is 1. The minimum atomic E-state index is 0.337. The fraction of sp³-hybridized carbons (Fsp3) is 0. The molecule has 0 atom stereocenters. The van der Waals surface area contributed by atoms with Gasteiger partial charge in [0, 0.05) is 21.7 Å². The van der Waals surface area contributed by atoms with Gasteiger partial charge in [-0.3, -0.25) is 0 Å². The molecule has 0 aliphatic rings. The Labute approximate surface area is 84.2 Å². The number of nitrogens with two attached hydrogens (primary N) is 1. The first-order valence-electron chi connectivity index (χ1n) is 4.24. The van der Waals surface area contributed by atoms with Gasteiger partial charge in [0.15, 0.2) is 0 Å². The van der Waals surface area contributed by atoms with Gasteiger partial charge in [-0.2, -0.15) is 0 Å². The predicted octanol–water partition coefficient (Wildman–Crippen LogP) is 2.43. The van der Waals surface area contributed by atoms with Gasteiger partial charge in [0.1, 0.15) is 4.83 Å². The van der Waals surface area contributed by atoms with Crippen LogP contribution in [0.3, 0.4) is 0 Å². The van der Waals surface area contributed by atoms with Crippen molar-refractivity contribution < 1.29 is 0 Å². The third kappa shape index (κ3) is 0.975. The van der Waals surface area contributed by atoms with Crippen LogP contribution in [0.1, 0.15) is 0 Å². The lowest BCUT2D eigenvalue weighted by Gasteiger charge is -1.90. The second-order valence-corrected chi connectivity index (χ2v) is 4.08. The van der Waals surface area contributed by atoms with E-state index in [4.69, 9.17) is 5.73 Å². The molecule has 14 heavy (non-hydrogen) atoms. The molecular weight excluding hydrogens is 194 g/mol. The molecule has 0 bridgehead atoms. The van der Waals surface area contributed by atoms with Crippen molar-refractivity contribution in [2.45, 2.75) is 0 Å². The third-order valence-corrected chi connectivity index (χ3v) is 3.24. The van der Waals surface area contributed by atoms with Gasteiger partial charge in [-0.1, -0.05) is 18.2 Å². The Morgan fingerprint density at radius 3 is 2.93 bits per heavy atom. The third-order valence-electron chi connectivity index (χ3n) is 2.16. The highest BCUT2D eigenvalue weighted by Gasteiger charge is 2.05. The summed E-state index contributed by atoms with van der Waals surface area (Å²) < 4.78 is 1.22. The van der Waals surface area contributed by atoms with Crippen molar-refractivity contribution in [3.05, 3.63) is 30.5 Å². The fourth-order valence-corrected chi connectivity index (χ4v) is 2.58. The lowest BCUT2D eigenvalue weighted by atomic mass is 10.2. The number of nitrogens with zero attached hydrogens (tertiary/aromatic N) is 2. The molecule has 0 aliphatic carbocycles. The summed E-state index contributed by atoms with van der Waals surface area (Å²) in [6, 6.07) is 8.20. The average molecular weight is 201 g/mol. The van der Waals surface area contributed by atoms with Crippen molar-refractivity contribution in [1.29, 1.82) is 0 Å². The van der Waals surface area contributed by atoms with E-state index in [9.17, 15) is 0 Å². The SMILES string of the molecule is Nc1ncc2c(n1)sc1ccccc12. The van der Waals surface area contributed by atoms with Crippen LogP contribution in [0.5, 0.6) is 0 Å². The zero-order valence-electron chi connectivity index (χ0n) is 7.27. The molecule has 0 saturated carbocycles. The molecule has 1 aromatic carbocycles. The maximum atomic E-state index is 5.53. The van der Waals surface area contributed by atoms with Crippen LogP contribution in [0.15, 0.2) is 30.5 Å². The normalized spacial score (nSPS) is 11.1. The van der Waals surface area contributed by atoms with E-state index in [-0.39, 0.29) is 0 Å². The van der Waals surface area contributed by atoms with Gasteiger partial charge >= 0.3 is 0 Å². The number of hydrogen-bond donors (Lipinski definition) is 1. The lowest BCUT2D eigenvalue weighted by molar-refractivity contribution is 1.25. The van der Waals surface area contributed by atoms with Gasteiger partial charge in [-0.15, -0.1) is 11.3 Å². The first-order valence-corrected chi connectivity index (χ1v) is 5.06. The topological polar surface area (TPSA) is 51.8 Å². The standard InChI is InChI=1S/C10H7N3S/c11-10-12-5-7-6-3-1-2-4-8(6)14-9(7)13-10/h1-5H,(H2,11,12,13). The van der Waals surface area contributed by atoms with E-state index < -0.39 is 0 Å². The number of anilines is 1. The molecule has 2 aromatic heterocycles. The van der Waals surface area contributed by atoms with Crippen LogP contribution in [0, 0.1) is 0 Å². The number of benzene rings is 1. The Kier molecular flexibility index (Phi) is 1.46. The summed E-state index contributed by atoms with van der Waals surface area (Å²) in [6.07, 6.45) is 1.79. The smallest absolute Gasteiger partial charge is 0.221 e. The van der Waals surface area contributed by atoms with Crippen LogP contribution in [-0.2, 0) is 0 Å². The summed E-state index contributed by atoms with van der Waals surface area (Å²) >= 11 is 1.64. The molecule has 2 N–H and O–H groups in total. The molecule has 0 unspecified atom stereocenters. The van der Waals surface area contributed by atoms with Crippen molar-refractivity contribution in [3.8, 4) is 0 Å². The van der Waals surface area contributed by atoms with Gasteiger partial charge < -0.3 is 5.73 Å². The Bertz CT molecular complexity index is 615. The molecule has 0 amide bonds. The van der Waals surface area contributed by atoms with Crippen LogP contribution in [-0.4, -0.2) is 9.97 Å².